The third-order valence-corrected chi connectivity index (χ3v) is 7.61. The summed E-state index contributed by atoms with van der Waals surface area (Å²) in [5.41, 5.74) is 4.51. The van der Waals surface area contributed by atoms with Crippen molar-refractivity contribution in [3.63, 3.8) is 0 Å². The number of carbonyl (C=O) groups is 1. The maximum Gasteiger partial charge on any atom is 0.319 e. The Bertz CT molecular complexity index is 1100. The van der Waals surface area contributed by atoms with E-state index in [0.717, 1.165) is 24.3 Å². The fourth-order valence-electron chi connectivity index (χ4n) is 4.41. The molecule has 0 unspecified atom stereocenters. The smallest absolute Gasteiger partial charge is 0.319 e. The van der Waals surface area contributed by atoms with Crippen molar-refractivity contribution in [3.8, 4) is 17.0 Å². The first-order chi connectivity index (χ1) is 15.1. The lowest BCUT2D eigenvalue weighted by molar-refractivity contribution is 0.240. The molecule has 0 spiro atoms. The summed E-state index contributed by atoms with van der Waals surface area (Å²) >= 11 is 2.48. The minimum Gasteiger partial charge on any atom is -0.494 e. The number of hydrogen-bond donors (Lipinski definition) is 2. The van der Waals surface area contributed by atoms with Gasteiger partial charge < -0.3 is 19.9 Å². The van der Waals surface area contributed by atoms with Gasteiger partial charge in [0.2, 0.25) is 0 Å². The summed E-state index contributed by atoms with van der Waals surface area (Å²) in [6.07, 6.45) is 7.09. The van der Waals surface area contributed by atoms with E-state index >= 15 is 0 Å². The van der Waals surface area contributed by atoms with Crippen molar-refractivity contribution in [2.24, 2.45) is 0 Å². The average molecular weight is 529 g/mol. The Morgan fingerprint density at radius 2 is 1.84 bits per heavy atom. The molecule has 2 aliphatic rings. The largest absolute Gasteiger partial charge is 0.494 e. The zero-order valence-corrected chi connectivity index (χ0v) is 19.9. The van der Waals surface area contributed by atoms with Gasteiger partial charge in [0.25, 0.3) is 0 Å². The highest BCUT2D eigenvalue weighted by Crippen LogP contribution is 2.44. The predicted octanol–water partition coefficient (Wildman–Crippen LogP) is 6.71. The zero-order chi connectivity index (χ0) is 21.4. The molecule has 2 N–H and O–H groups in total. The number of amides is 2. The monoisotopic (exact) mass is 529 g/mol. The summed E-state index contributed by atoms with van der Waals surface area (Å²) in [5.74, 6) is 0.924. The van der Waals surface area contributed by atoms with Crippen LogP contribution < -0.4 is 15.4 Å². The van der Waals surface area contributed by atoms with E-state index in [1.54, 1.807) is 0 Å². The van der Waals surface area contributed by atoms with Crippen molar-refractivity contribution in [3.05, 3.63) is 46.0 Å². The first kappa shape index (κ1) is 20.7. The van der Waals surface area contributed by atoms with Crippen LogP contribution in [0.5, 0.6) is 5.75 Å². The van der Waals surface area contributed by atoms with Crippen LogP contribution >= 0.6 is 22.6 Å². The first-order valence-corrected chi connectivity index (χ1v) is 12.4. The normalized spacial score (nSPS) is 16.6. The number of aromatic nitrogens is 1. The Labute approximate surface area is 196 Å². The highest BCUT2D eigenvalue weighted by atomic mass is 127. The van der Waals surface area contributed by atoms with E-state index in [4.69, 9.17) is 4.74 Å². The minimum atomic E-state index is -0.112. The molecule has 0 bridgehead atoms. The molecule has 2 aromatic carbocycles. The van der Waals surface area contributed by atoms with Gasteiger partial charge in [-0.2, -0.15) is 0 Å². The summed E-state index contributed by atoms with van der Waals surface area (Å²) in [5, 5.41) is 7.26. The van der Waals surface area contributed by atoms with Crippen molar-refractivity contribution in [1.82, 2.24) is 9.88 Å². The zero-order valence-electron chi connectivity index (χ0n) is 17.8. The molecule has 0 radical (unpaired) electrons. The number of benzene rings is 2. The average Bonchev–Trinajstić information content (AvgIpc) is 2.97. The predicted molar refractivity (Wildman–Crippen MR) is 134 cm³/mol. The van der Waals surface area contributed by atoms with Crippen LogP contribution in [0, 0.1) is 3.57 Å². The number of urea groups is 1. The second kappa shape index (κ2) is 8.73. The van der Waals surface area contributed by atoms with Crippen LogP contribution in [0.15, 0.2) is 42.5 Å². The minimum absolute atomic E-state index is 0.112. The van der Waals surface area contributed by atoms with Crippen LogP contribution in [0.25, 0.3) is 22.2 Å². The first-order valence-electron chi connectivity index (χ1n) is 11.3. The molecule has 2 amide bonds. The molecule has 5 nitrogen and oxygen atoms in total. The van der Waals surface area contributed by atoms with Crippen LogP contribution in [-0.4, -0.2) is 23.2 Å². The van der Waals surface area contributed by atoms with Crippen molar-refractivity contribution < 1.29 is 9.53 Å². The quantitative estimate of drug-likeness (QED) is 0.349. The number of rotatable bonds is 6. The summed E-state index contributed by atoms with van der Waals surface area (Å²) in [7, 11) is 0. The van der Waals surface area contributed by atoms with Crippen LogP contribution in [0.2, 0.25) is 0 Å². The molecule has 5 rings (SSSR count). The van der Waals surface area contributed by atoms with Gasteiger partial charge in [-0.05, 0) is 97.9 Å². The van der Waals surface area contributed by atoms with E-state index in [0.29, 0.717) is 18.7 Å². The molecule has 2 saturated carbocycles. The highest BCUT2D eigenvalue weighted by Gasteiger charge is 2.27. The Balaban J connectivity index is 1.47. The lowest BCUT2D eigenvalue weighted by atomic mass is 9.92. The molecular formula is C25H28IN3O2. The molecule has 31 heavy (non-hydrogen) atoms. The van der Waals surface area contributed by atoms with Crippen molar-refractivity contribution in [2.75, 3.05) is 11.9 Å². The molecule has 162 valence electrons. The molecule has 0 atom stereocenters. The van der Waals surface area contributed by atoms with Gasteiger partial charge in [-0.15, -0.1) is 0 Å². The van der Waals surface area contributed by atoms with Crippen LogP contribution in [-0.2, 0) is 0 Å². The van der Waals surface area contributed by atoms with Gasteiger partial charge in [0.05, 0.1) is 17.8 Å². The van der Waals surface area contributed by atoms with Gasteiger partial charge >= 0.3 is 6.03 Å². The Morgan fingerprint density at radius 1 is 1.10 bits per heavy atom. The standard InChI is InChI=1S/C25H28IN3O2/c1-2-31-20-13-14-21-22(15-20)29(19-7-4-8-19)24(23(21)26)16-9-11-18(12-10-16)28-25(30)27-17-5-3-6-17/h9-15,17,19H,2-8H2,1H3,(H2,27,28,30). The SMILES string of the molecule is CCOc1ccc2c(I)c(-c3ccc(NC(=O)NC4CCC4)cc3)n(C3CCC3)c2c1. The third kappa shape index (κ3) is 4.02. The molecule has 2 aliphatic carbocycles. The second-order valence-electron chi connectivity index (χ2n) is 8.53. The van der Waals surface area contributed by atoms with E-state index in [9.17, 15) is 4.79 Å². The van der Waals surface area contributed by atoms with E-state index in [1.165, 1.54) is 51.4 Å². The Hall–Kier alpha value is -2.22. The fourth-order valence-corrected chi connectivity index (χ4v) is 5.44. The molecule has 1 aromatic heterocycles. The number of halogens is 1. The topological polar surface area (TPSA) is 55.3 Å². The van der Waals surface area contributed by atoms with Crippen LogP contribution in [0.4, 0.5) is 10.5 Å². The number of carbonyl (C=O) groups excluding carboxylic acids is 1. The number of ether oxygens (including phenoxy) is 1. The van der Waals surface area contributed by atoms with E-state index in [1.807, 2.05) is 19.1 Å². The third-order valence-electron chi connectivity index (χ3n) is 6.52. The summed E-state index contributed by atoms with van der Waals surface area (Å²) in [6.45, 7) is 2.69. The van der Waals surface area contributed by atoms with Gasteiger partial charge in [0.15, 0.2) is 0 Å². The number of nitrogens with one attached hydrogen (secondary N) is 2. The Kier molecular flexibility index (Phi) is 5.82. The number of anilines is 1. The molecule has 2 fully saturated rings. The second-order valence-corrected chi connectivity index (χ2v) is 9.61. The lowest BCUT2D eigenvalue weighted by Gasteiger charge is -2.30. The van der Waals surface area contributed by atoms with Gasteiger partial charge in [-0.3, -0.25) is 0 Å². The highest BCUT2D eigenvalue weighted by molar-refractivity contribution is 14.1. The number of fused-ring (bicyclic) bond motifs is 1. The lowest BCUT2D eigenvalue weighted by Crippen LogP contribution is -2.41. The van der Waals surface area contributed by atoms with Gasteiger partial charge in [0, 0.05) is 32.8 Å². The summed E-state index contributed by atoms with van der Waals surface area (Å²) < 4.78 is 9.56. The molecule has 6 heteroatoms. The summed E-state index contributed by atoms with van der Waals surface area (Å²) in [6, 6.07) is 15.4. The maximum absolute atomic E-state index is 12.2. The van der Waals surface area contributed by atoms with E-state index in [2.05, 4.69) is 68.1 Å². The van der Waals surface area contributed by atoms with Crippen molar-refractivity contribution >= 4 is 45.2 Å². The van der Waals surface area contributed by atoms with Gasteiger partial charge in [-0.1, -0.05) is 12.1 Å². The van der Waals surface area contributed by atoms with Gasteiger partial charge in [0.1, 0.15) is 5.75 Å². The molecule has 0 aliphatic heterocycles. The molecular weight excluding hydrogens is 501 g/mol. The van der Waals surface area contributed by atoms with Crippen molar-refractivity contribution in [1.29, 1.82) is 0 Å². The van der Waals surface area contributed by atoms with E-state index in [-0.39, 0.29) is 6.03 Å². The maximum atomic E-state index is 12.2. The molecule has 1 heterocycles. The molecule has 0 saturated heterocycles. The molecule has 3 aromatic rings. The van der Waals surface area contributed by atoms with Crippen molar-refractivity contribution in [2.45, 2.75) is 57.5 Å². The van der Waals surface area contributed by atoms with Gasteiger partial charge in [-0.25, -0.2) is 4.79 Å². The van der Waals surface area contributed by atoms with Crippen LogP contribution in [0.3, 0.4) is 0 Å². The number of nitrogens with zero attached hydrogens (tertiary/aromatic N) is 1. The number of hydrogen-bond acceptors (Lipinski definition) is 2. The van der Waals surface area contributed by atoms with E-state index < -0.39 is 0 Å². The Morgan fingerprint density at radius 3 is 2.45 bits per heavy atom. The van der Waals surface area contributed by atoms with Crippen LogP contribution in [0.1, 0.15) is 51.5 Å². The summed E-state index contributed by atoms with van der Waals surface area (Å²) in [4.78, 5) is 12.2. The fraction of sp³-hybridized carbons (Fsp3) is 0.400.